The molecular formula is C33H42N2O9. The van der Waals surface area contributed by atoms with Crippen LogP contribution in [-0.4, -0.2) is 80.8 Å². The van der Waals surface area contributed by atoms with Gasteiger partial charge in [-0.25, -0.2) is 4.79 Å². The summed E-state index contributed by atoms with van der Waals surface area (Å²) in [6, 6.07) is 19.8. The van der Waals surface area contributed by atoms with Gasteiger partial charge >= 0.3 is 5.97 Å². The number of aromatic nitrogens is 1. The number of benzene rings is 3. The van der Waals surface area contributed by atoms with Gasteiger partial charge in [-0.05, 0) is 62.2 Å². The van der Waals surface area contributed by atoms with E-state index in [0.717, 1.165) is 21.9 Å². The first-order valence-electron chi connectivity index (χ1n) is 14.3. The van der Waals surface area contributed by atoms with E-state index in [1.54, 1.807) is 18.3 Å². The van der Waals surface area contributed by atoms with Crippen LogP contribution in [-0.2, 0) is 20.8 Å². The van der Waals surface area contributed by atoms with Gasteiger partial charge in [0, 0.05) is 30.6 Å². The molecule has 0 spiro atoms. The van der Waals surface area contributed by atoms with E-state index in [0.29, 0.717) is 17.9 Å². The second-order valence-corrected chi connectivity index (χ2v) is 11.4. The van der Waals surface area contributed by atoms with E-state index < -0.39 is 36.0 Å². The number of nitrogens with zero attached hydrogens (tertiary/aromatic N) is 1. The minimum absolute atomic E-state index is 0.109. The Morgan fingerprint density at radius 3 is 2.27 bits per heavy atom. The number of esters is 1. The highest BCUT2D eigenvalue weighted by Crippen LogP contribution is 2.27. The predicted octanol–water partition coefficient (Wildman–Crippen LogP) is 3.11. The summed E-state index contributed by atoms with van der Waals surface area (Å²) in [7, 11) is 0. The maximum Gasteiger partial charge on any atom is 0.344 e. The van der Waals surface area contributed by atoms with Gasteiger partial charge in [0.2, 0.25) is 0 Å². The highest BCUT2D eigenvalue weighted by Gasteiger charge is 2.18. The average Bonchev–Trinajstić information content (AvgIpc) is 3.32. The summed E-state index contributed by atoms with van der Waals surface area (Å²) in [6.45, 7) is 6.53. The number of primary amides is 1. The first-order chi connectivity index (χ1) is 20.8. The highest BCUT2D eigenvalue weighted by atomic mass is 16.6. The molecule has 11 nitrogen and oxygen atoms in total. The van der Waals surface area contributed by atoms with E-state index in [9.17, 15) is 9.59 Å². The summed E-state index contributed by atoms with van der Waals surface area (Å²) < 4.78 is 17.7. The summed E-state index contributed by atoms with van der Waals surface area (Å²) in [5.41, 5.74) is 7.38. The lowest BCUT2D eigenvalue weighted by Gasteiger charge is -2.19. The summed E-state index contributed by atoms with van der Waals surface area (Å²) in [5.74, 6) is -0.422. The molecule has 0 fully saturated rings. The molecule has 238 valence electrons. The van der Waals surface area contributed by atoms with Crippen molar-refractivity contribution >= 4 is 33.6 Å². The molecule has 44 heavy (non-hydrogen) atoms. The van der Waals surface area contributed by atoms with Crippen LogP contribution in [0.2, 0.25) is 0 Å². The fraction of sp³-hybridized carbons (Fsp3) is 0.394. The second-order valence-electron chi connectivity index (χ2n) is 11.4. The third kappa shape index (κ3) is 10.3. The number of rotatable bonds is 12. The van der Waals surface area contributed by atoms with Crippen LogP contribution in [0, 0.1) is 0 Å². The maximum absolute atomic E-state index is 12.0. The number of ether oxygens (including phenoxy) is 3. The van der Waals surface area contributed by atoms with Crippen molar-refractivity contribution in [2.75, 3.05) is 19.8 Å². The number of carbonyl (C=O) groups excluding carboxylic acids is 2. The van der Waals surface area contributed by atoms with Crippen molar-refractivity contribution in [2.24, 2.45) is 5.73 Å². The van der Waals surface area contributed by atoms with E-state index in [2.05, 4.69) is 30.3 Å². The molecule has 0 aliphatic carbocycles. The standard InChI is InChI=1S/C26H26N2O4.C7H16O5/c1-26(2,3)32-24(29)16-31-20-10-11-21-22(25(27)30)15-28(23(21)13-20)14-17-8-9-18-6-4-5-7-19(18)12-17;1-5(10)12-7(4-9)2-6(11)3-8/h4-13,15H,14,16H2,1-3H3,(H2,27,30);5-11H,2-4H2,1H3. The monoisotopic (exact) mass is 610 g/mol. The second kappa shape index (κ2) is 15.6. The molecule has 1 heterocycles. The number of fused-ring (bicyclic) bond motifs is 2. The zero-order chi connectivity index (χ0) is 32.4. The van der Waals surface area contributed by atoms with Gasteiger partial charge in [-0.15, -0.1) is 0 Å². The Morgan fingerprint density at radius 2 is 1.66 bits per heavy atom. The first kappa shape index (κ1) is 34.5. The molecule has 0 saturated heterocycles. The molecule has 0 aliphatic rings. The largest absolute Gasteiger partial charge is 0.482 e. The number of aliphatic hydroxyl groups is 4. The minimum Gasteiger partial charge on any atom is -0.482 e. The van der Waals surface area contributed by atoms with E-state index in [-0.39, 0.29) is 26.2 Å². The molecule has 0 aliphatic heterocycles. The Balaban J connectivity index is 0.000000375. The van der Waals surface area contributed by atoms with Crippen molar-refractivity contribution in [2.45, 2.75) is 64.8 Å². The van der Waals surface area contributed by atoms with Gasteiger partial charge in [-0.2, -0.15) is 0 Å². The maximum atomic E-state index is 12.0. The lowest BCUT2D eigenvalue weighted by atomic mass is 10.1. The molecular weight excluding hydrogens is 568 g/mol. The van der Waals surface area contributed by atoms with Gasteiger partial charge in [0.1, 0.15) is 11.4 Å². The molecule has 1 amide bonds. The van der Waals surface area contributed by atoms with Crippen molar-refractivity contribution in [3.8, 4) is 5.75 Å². The van der Waals surface area contributed by atoms with Gasteiger partial charge in [0.25, 0.3) is 5.91 Å². The van der Waals surface area contributed by atoms with Gasteiger partial charge in [0.15, 0.2) is 12.9 Å². The van der Waals surface area contributed by atoms with Crippen LogP contribution >= 0.6 is 0 Å². The summed E-state index contributed by atoms with van der Waals surface area (Å²) in [6.07, 6.45) is -0.654. The van der Waals surface area contributed by atoms with Gasteiger partial charge < -0.3 is 44.9 Å². The number of hydrogen-bond acceptors (Lipinski definition) is 9. The van der Waals surface area contributed by atoms with E-state index in [1.807, 2.05) is 43.5 Å². The zero-order valence-corrected chi connectivity index (χ0v) is 25.5. The van der Waals surface area contributed by atoms with E-state index in [1.165, 1.54) is 12.3 Å². The van der Waals surface area contributed by atoms with Crippen molar-refractivity contribution < 1.29 is 44.2 Å². The summed E-state index contributed by atoms with van der Waals surface area (Å²) in [5, 5.41) is 37.9. The predicted molar refractivity (Wildman–Crippen MR) is 166 cm³/mol. The van der Waals surface area contributed by atoms with Crippen molar-refractivity contribution in [3.63, 3.8) is 0 Å². The minimum atomic E-state index is -0.979. The Kier molecular flexibility index (Phi) is 12.3. The third-order valence-corrected chi connectivity index (χ3v) is 6.40. The molecule has 4 aromatic rings. The molecule has 3 unspecified atom stereocenters. The van der Waals surface area contributed by atoms with Crippen LogP contribution in [0.5, 0.6) is 5.75 Å². The zero-order valence-electron chi connectivity index (χ0n) is 25.5. The topological polar surface area (TPSA) is 174 Å². The SMILES string of the molecule is CC(C)(C)OC(=O)COc1ccc2c(C(N)=O)cn(Cc3ccc4ccccc4c3)c2c1.CC(O)OC(CO)CC(O)CO. The van der Waals surface area contributed by atoms with Gasteiger partial charge in [-0.3, -0.25) is 4.79 Å². The smallest absolute Gasteiger partial charge is 0.344 e. The summed E-state index contributed by atoms with van der Waals surface area (Å²) >= 11 is 0. The van der Waals surface area contributed by atoms with Gasteiger partial charge in [-0.1, -0.05) is 36.4 Å². The molecule has 0 saturated carbocycles. The third-order valence-electron chi connectivity index (χ3n) is 6.40. The normalized spacial score (nSPS) is 13.5. The van der Waals surface area contributed by atoms with Crippen LogP contribution in [0.4, 0.5) is 0 Å². The molecule has 4 rings (SSSR count). The fourth-order valence-electron chi connectivity index (χ4n) is 4.57. The Hall–Kier alpha value is -4.00. The van der Waals surface area contributed by atoms with E-state index >= 15 is 0 Å². The Morgan fingerprint density at radius 1 is 0.955 bits per heavy atom. The molecule has 11 heteroatoms. The Bertz CT molecular complexity index is 1540. The summed E-state index contributed by atoms with van der Waals surface area (Å²) in [4.78, 5) is 24.0. The fourth-order valence-corrected chi connectivity index (χ4v) is 4.57. The highest BCUT2D eigenvalue weighted by molar-refractivity contribution is 6.06. The first-order valence-corrected chi connectivity index (χ1v) is 14.3. The van der Waals surface area contributed by atoms with Crippen LogP contribution in [0.3, 0.4) is 0 Å². The quantitative estimate of drug-likeness (QED) is 0.119. The van der Waals surface area contributed by atoms with Crippen LogP contribution < -0.4 is 10.5 Å². The number of amides is 1. The molecule has 3 atom stereocenters. The van der Waals surface area contributed by atoms with Gasteiger partial charge in [0.05, 0.1) is 36.5 Å². The molecule has 1 aromatic heterocycles. The van der Waals surface area contributed by atoms with E-state index in [4.69, 9.17) is 40.4 Å². The number of nitrogens with two attached hydrogens (primary N) is 1. The lowest BCUT2D eigenvalue weighted by molar-refractivity contribution is -0.157. The van der Waals surface area contributed by atoms with Crippen LogP contribution in [0.25, 0.3) is 21.7 Å². The molecule has 0 radical (unpaired) electrons. The van der Waals surface area contributed by atoms with Crippen molar-refractivity contribution in [1.29, 1.82) is 0 Å². The lowest BCUT2D eigenvalue weighted by Crippen LogP contribution is -2.29. The number of carbonyl (C=O) groups is 2. The average molecular weight is 611 g/mol. The van der Waals surface area contributed by atoms with Crippen LogP contribution in [0.1, 0.15) is 50.0 Å². The van der Waals surface area contributed by atoms with Crippen LogP contribution in [0.15, 0.2) is 66.9 Å². The van der Waals surface area contributed by atoms with Crippen molar-refractivity contribution in [1.82, 2.24) is 4.57 Å². The Labute approximate surface area is 256 Å². The number of hydrogen-bond donors (Lipinski definition) is 5. The molecule has 3 aromatic carbocycles. The molecule has 0 bridgehead atoms. The molecule has 6 N–H and O–H groups in total. The number of aliphatic hydroxyl groups excluding tert-OH is 4. The van der Waals surface area contributed by atoms with Crippen molar-refractivity contribution in [3.05, 3.63) is 78.0 Å².